The molecule has 0 aliphatic carbocycles. The van der Waals surface area contributed by atoms with Crippen molar-refractivity contribution in [1.29, 1.82) is 0 Å². The van der Waals surface area contributed by atoms with Gasteiger partial charge in [-0.15, -0.1) is 5.10 Å². The highest BCUT2D eigenvalue weighted by Crippen LogP contribution is 2.25. The van der Waals surface area contributed by atoms with Crippen LogP contribution >= 0.6 is 11.6 Å². The smallest absolute Gasteiger partial charge is 0.378 e. The van der Waals surface area contributed by atoms with Gasteiger partial charge in [-0.05, 0) is 38.1 Å². The van der Waals surface area contributed by atoms with Crippen LogP contribution in [0.2, 0.25) is 5.02 Å². The van der Waals surface area contributed by atoms with Crippen molar-refractivity contribution in [3.05, 3.63) is 52.1 Å². The Bertz CT molecular complexity index is 1020. The zero-order valence-corrected chi connectivity index (χ0v) is 15.1. The molecule has 0 aliphatic rings. The number of rotatable bonds is 5. The molecule has 2 aromatic heterocycles. The first kappa shape index (κ1) is 17.8. The van der Waals surface area contributed by atoms with Crippen molar-refractivity contribution in [3.63, 3.8) is 0 Å². The molecule has 0 atom stereocenters. The highest BCUT2D eigenvalue weighted by atomic mass is 35.5. The number of esters is 1. The van der Waals surface area contributed by atoms with Crippen LogP contribution < -0.4 is 4.74 Å². The highest BCUT2D eigenvalue weighted by molar-refractivity contribution is 6.32. The minimum Gasteiger partial charge on any atom is -0.495 e. The summed E-state index contributed by atoms with van der Waals surface area (Å²) in [5, 5.41) is 4.36. The molecule has 0 fully saturated rings. The van der Waals surface area contributed by atoms with Crippen molar-refractivity contribution >= 4 is 29.1 Å². The number of Topliss-reactive ketones (excluding diaryl/α,β-unsaturated/α-hetero) is 1. The third kappa shape index (κ3) is 3.50. The minimum atomic E-state index is -0.805. The van der Waals surface area contributed by atoms with Gasteiger partial charge in [0.15, 0.2) is 12.4 Å². The van der Waals surface area contributed by atoms with Crippen molar-refractivity contribution in [2.45, 2.75) is 13.8 Å². The van der Waals surface area contributed by atoms with Crippen LogP contribution in [0.4, 0.5) is 0 Å². The van der Waals surface area contributed by atoms with Crippen LogP contribution in [0.1, 0.15) is 32.4 Å². The number of nitrogens with zero attached hydrogens (tertiary/aromatic N) is 4. The van der Waals surface area contributed by atoms with Gasteiger partial charge in [0.05, 0.1) is 12.1 Å². The summed E-state index contributed by atoms with van der Waals surface area (Å²) < 4.78 is 11.5. The van der Waals surface area contributed by atoms with Crippen LogP contribution in [0.3, 0.4) is 0 Å². The van der Waals surface area contributed by atoms with Crippen LogP contribution in [0.5, 0.6) is 5.75 Å². The third-order valence-electron chi connectivity index (χ3n) is 3.61. The van der Waals surface area contributed by atoms with Crippen molar-refractivity contribution in [3.8, 4) is 5.75 Å². The number of hydrogen-bond acceptors (Lipinski definition) is 7. The molecular weight excluding hydrogens is 360 g/mol. The molecule has 9 heteroatoms. The largest absolute Gasteiger partial charge is 0.495 e. The first-order valence-corrected chi connectivity index (χ1v) is 8.01. The Hall–Kier alpha value is -3.00. The summed E-state index contributed by atoms with van der Waals surface area (Å²) in [6.07, 6.45) is 0. The van der Waals surface area contributed by atoms with Crippen LogP contribution in [0.15, 0.2) is 24.3 Å². The number of carbonyl (C=O) groups is 2. The second-order valence-electron chi connectivity index (χ2n) is 5.53. The maximum atomic E-state index is 12.2. The average molecular weight is 375 g/mol. The van der Waals surface area contributed by atoms with Gasteiger partial charge >= 0.3 is 5.97 Å². The number of methoxy groups -OCH3 is 1. The van der Waals surface area contributed by atoms with Crippen molar-refractivity contribution < 1.29 is 19.1 Å². The van der Waals surface area contributed by atoms with E-state index >= 15 is 0 Å². The monoisotopic (exact) mass is 374 g/mol. The standard InChI is InChI=1S/C17H15ClN4O4/c1-9-6-10(2)22-17(19-9)20-15(21-22)16(24)26-8-13(23)11-4-5-14(25-3)12(18)7-11/h4-7H,8H2,1-3H3. The van der Waals surface area contributed by atoms with Crippen LogP contribution in [0, 0.1) is 13.8 Å². The Balaban J connectivity index is 1.71. The second kappa shape index (κ2) is 7.09. The predicted molar refractivity (Wildman–Crippen MR) is 92.9 cm³/mol. The lowest BCUT2D eigenvalue weighted by Crippen LogP contribution is -2.15. The maximum Gasteiger partial charge on any atom is 0.378 e. The molecule has 0 bridgehead atoms. The Kier molecular flexibility index (Phi) is 4.85. The van der Waals surface area contributed by atoms with E-state index in [9.17, 15) is 9.59 Å². The third-order valence-corrected chi connectivity index (χ3v) is 3.90. The quantitative estimate of drug-likeness (QED) is 0.500. The van der Waals surface area contributed by atoms with Gasteiger partial charge in [0.2, 0.25) is 0 Å². The lowest BCUT2D eigenvalue weighted by atomic mass is 10.1. The topological polar surface area (TPSA) is 95.7 Å². The summed E-state index contributed by atoms with van der Waals surface area (Å²) in [5.41, 5.74) is 1.84. The van der Waals surface area contributed by atoms with E-state index in [1.807, 2.05) is 19.9 Å². The molecule has 3 aromatic rings. The second-order valence-corrected chi connectivity index (χ2v) is 5.94. The van der Waals surface area contributed by atoms with E-state index in [4.69, 9.17) is 21.1 Å². The number of ether oxygens (including phenoxy) is 2. The van der Waals surface area contributed by atoms with E-state index in [1.165, 1.54) is 17.7 Å². The number of aryl methyl sites for hydroxylation is 2. The molecule has 0 radical (unpaired) electrons. The van der Waals surface area contributed by atoms with E-state index in [0.717, 1.165) is 11.4 Å². The van der Waals surface area contributed by atoms with Crippen molar-refractivity contribution in [1.82, 2.24) is 19.6 Å². The molecule has 1 aromatic carbocycles. The number of ketones is 1. The fourth-order valence-corrected chi connectivity index (χ4v) is 2.63. The maximum absolute atomic E-state index is 12.2. The van der Waals surface area contributed by atoms with Gasteiger partial charge in [0, 0.05) is 17.0 Å². The van der Waals surface area contributed by atoms with Gasteiger partial charge in [0.1, 0.15) is 5.75 Å². The SMILES string of the molecule is COc1ccc(C(=O)COC(=O)c2nc3nc(C)cc(C)n3n2)cc1Cl. The number of aromatic nitrogens is 4. The molecule has 0 spiro atoms. The lowest BCUT2D eigenvalue weighted by molar-refractivity contribution is 0.0463. The Morgan fingerprint density at radius 3 is 2.65 bits per heavy atom. The Morgan fingerprint density at radius 1 is 1.19 bits per heavy atom. The van der Waals surface area contributed by atoms with Gasteiger partial charge in [-0.3, -0.25) is 4.79 Å². The predicted octanol–water partition coefficient (Wildman–Crippen LogP) is 2.44. The molecule has 8 nitrogen and oxygen atoms in total. The van der Waals surface area contributed by atoms with Gasteiger partial charge in [-0.25, -0.2) is 14.3 Å². The van der Waals surface area contributed by atoms with E-state index < -0.39 is 18.4 Å². The van der Waals surface area contributed by atoms with Gasteiger partial charge in [-0.2, -0.15) is 4.98 Å². The molecule has 134 valence electrons. The summed E-state index contributed by atoms with van der Waals surface area (Å²) in [5.74, 6) is -0.626. The van der Waals surface area contributed by atoms with E-state index in [0.29, 0.717) is 22.1 Å². The molecule has 0 unspecified atom stereocenters. The molecule has 3 rings (SSSR count). The minimum absolute atomic E-state index is 0.160. The van der Waals surface area contributed by atoms with E-state index in [2.05, 4.69) is 15.1 Å². The Morgan fingerprint density at radius 2 is 1.96 bits per heavy atom. The van der Waals surface area contributed by atoms with Gasteiger partial charge in [0.25, 0.3) is 11.6 Å². The Labute approximate surface area is 153 Å². The summed E-state index contributed by atoms with van der Waals surface area (Å²) in [6.45, 7) is 3.18. The van der Waals surface area contributed by atoms with Gasteiger partial charge < -0.3 is 9.47 Å². The van der Waals surface area contributed by atoms with Crippen LogP contribution in [-0.2, 0) is 4.74 Å². The van der Waals surface area contributed by atoms with Crippen molar-refractivity contribution in [2.24, 2.45) is 0 Å². The molecule has 0 saturated carbocycles. The summed E-state index contributed by atoms with van der Waals surface area (Å²) in [7, 11) is 1.48. The van der Waals surface area contributed by atoms with Crippen molar-refractivity contribution in [2.75, 3.05) is 13.7 Å². The van der Waals surface area contributed by atoms with Crippen LogP contribution in [0.25, 0.3) is 5.78 Å². The summed E-state index contributed by atoms with van der Waals surface area (Å²) in [4.78, 5) is 32.5. The molecular formula is C17H15ClN4O4. The number of halogens is 1. The first-order valence-electron chi connectivity index (χ1n) is 7.64. The highest BCUT2D eigenvalue weighted by Gasteiger charge is 2.18. The normalized spacial score (nSPS) is 10.8. The fraction of sp³-hybridized carbons (Fsp3) is 0.235. The van der Waals surface area contributed by atoms with E-state index in [1.54, 1.807) is 12.1 Å². The number of benzene rings is 1. The molecule has 0 amide bonds. The number of carbonyl (C=O) groups excluding carboxylic acids is 2. The number of hydrogen-bond donors (Lipinski definition) is 0. The molecule has 0 aliphatic heterocycles. The first-order chi connectivity index (χ1) is 12.4. The lowest BCUT2D eigenvalue weighted by Gasteiger charge is -2.05. The molecule has 26 heavy (non-hydrogen) atoms. The number of fused-ring (bicyclic) bond motifs is 1. The zero-order chi connectivity index (χ0) is 18.8. The molecule has 2 heterocycles. The van der Waals surface area contributed by atoms with Gasteiger partial charge in [-0.1, -0.05) is 11.6 Å². The zero-order valence-electron chi connectivity index (χ0n) is 14.3. The average Bonchev–Trinajstić information content (AvgIpc) is 3.03. The summed E-state index contributed by atoms with van der Waals surface area (Å²) in [6, 6.07) is 6.38. The van der Waals surface area contributed by atoms with Crippen LogP contribution in [-0.4, -0.2) is 45.1 Å². The van der Waals surface area contributed by atoms with E-state index in [-0.39, 0.29) is 5.82 Å². The molecule has 0 saturated heterocycles. The summed E-state index contributed by atoms with van der Waals surface area (Å²) >= 11 is 5.99. The molecule has 0 N–H and O–H groups in total. The fourth-order valence-electron chi connectivity index (χ4n) is 2.37.